The van der Waals surface area contributed by atoms with Gasteiger partial charge in [0.05, 0.1) is 5.41 Å². The smallest absolute Gasteiger partial charge is 0.226 e. The summed E-state index contributed by atoms with van der Waals surface area (Å²) in [5, 5.41) is 3.33. The summed E-state index contributed by atoms with van der Waals surface area (Å²) < 4.78 is 0. The Labute approximate surface area is 152 Å². The summed E-state index contributed by atoms with van der Waals surface area (Å²) in [7, 11) is 0. The molecular formula is C23H33NO. The third-order valence-electron chi connectivity index (χ3n) is 7.24. The monoisotopic (exact) mass is 339 g/mol. The van der Waals surface area contributed by atoms with Crippen LogP contribution >= 0.6 is 0 Å². The summed E-state index contributed by atoms with van der Waals surface area (Å²) >= 11 is 0. The van der Waals surface area contributed by atoms with Crippen LogP contribution in [0, 0.1) is 17.3 Å². The quantitative estimate of drug-likeness (QED) is 0.678. The van der Waals surface area contributed by atoms with Crippen molar-refractivity contribution in [3.05, 3.63) is 35.9 Å². The Bertz CT molecular complexity index is 594. The summed E-state index contributed by atoms with van der Waals surface area (Å²) in [6.45, 7) is 3.10. The fraction of sp³-hybridized carbons (Fsp3) is 0.696. The van der Waals surface area contributed by atoms with E-state index >= 15 is 0 Å². The van der Waals surface area contributed by atoms with Crippen LogP contribution < -0.4 is 5.32 Å². The van der Waals surface area contributed by atoms with Gasteiger partial charge in [0.15, 0.2) is 0 Å². The predicted octanol–water partition coefficient (Wildman–Crippen LogP) is 5.22. The molecule has 2 heteroatoms. The lowest BCUT2D eigenvalue weighted by Crippen LogP contribution is -2.59. The number of hydrogen-bond donors (Lipinski definition) is 1. The van der Waals surface area contributed by atoms with E-state index < -0.39 is 0 Å². The van der Waals surface area contributed by atoms with Crippen LogP contribution in [0.25, 0.3) is 0 Å². The van der Waals surface area contributed by atoms with Gasteiger partial charge in [0.2, 0.25) is 5.91 Å². The van der Waals surface area contributed by atoms with Crippen LogP contribution in [0.5, 0.6) is 0 Å². The number of benzene rings is 1. The van der Waals surface area contributed by atoms with Gasteiger partial charge >= 0.3 is 0 Å². The molecule has 2 nitrogen and oxygen atoms in total. The first-order valence-electron chi connectivity index (χ1n) is 10.5. The van der Waals surface area contributed by atoms with E-state index in [-0.39, 0.29) is 10.8 Å². The number of carbonyl (C=O) groups excluding carboxylic acids is 1. The lowest BCUT2D eigenvalue weighted by Gasteiger charge is -2.61. The molecule has 4 fully saturated rings. The fourth-order valence-electron chi connectivity index (χ4n) is 6.60. The van der Waals surface area contributed by atoms with Gasteiger partial charge in [-0.1, -0.05) is 56.5 Å². The van der Waals surface area contributed by atoms with Crippen LogP contribution in [0.4, 0.5) is 0 Å². The van der Waals surface area contributed by atoms with Gasteiger partial charge in [-0.2, -0.15) is 0 Å². The van der Waals surface area contributed by atoms with E-state index in [2.05, 4.69) is 42.6 Å². The molecule has 1 aromatic carbocycles. The van der Waals surface area contributed by atoms with E-state index in [4.69, 9.17) is 0 Å². The van der Waals surface area contributed by atoms with Crippen molar-refractivity contribution in [2.75, 3.05) is 6.54 Å². The molecule has 0 aromatic heterocycles. The Balaban J connectivity index is 1.50. The molecular weight excluding hydrogens is 306 g/mol. The average molecular weight is 340 g/mol. The second-order valence-electron chi connectivity index (χ2n) is 9.20. The predicted molar refractivity (Wildman–Crippen MR) is 102 cm³/mol. The molecule has 4 aliphatic rings. The topological polar surface area (TPSA) is 29.1 Å². The van der Waals surface area contributed by atoms with Gasteiger partial charge in [0.1, 0.15) is 0 Å². The van der Waals surface area contributed by atoms with Gasteiger partial charge in [-0.3, -0.25) is 4.79 Å². The third-order valence-corrected chi connectivity index (χ3v) is 7.24. The van der Waals surface area contributed by atoms with E-state index in [0.29, 0.717) is 5.91 Å². The lowest BCUT2D eigenvalue weighted by molar-refractivity contribution is -0.149. The molecule has 4 atom stereocenters. The van der Waals surface area contributed by atoms with E-state index in [1.807, 2.05) is 0 Å². The molecule has 0 radical (unpaired) electrons. The normalized spacial score (nSPS) is 35.7. The van der Waals surface area contributed by atoms with Crippen LogP contribution in [0.15, 0.2) is 30.3 Å². The minimum absolute atomic E-state index is 0.0787. The second kappa shape index (κ2) is 6.78. The Morgan fingerprint density at radius 3 is 2.44 bits per heavy atom. The molecule has 4 aliphatic carbocycles. The zero-order valence-electron chi connectivity index (χ0n) is 15.7. The molecule has 4 saturated carbocycles. The average Bonchev–Trinajstić information content (AvgIpc) is 2.61. The molecule has 1 N–H and O–H groups in total. The van der Waals surface area contributed by atoms with Gasteiger partial charge in [0, 0.05) is 6.54 Å². The summed E-state index contributed by atoms with van der Waals surface area (Å²) in [4.78, 5) is 13.2. The maximum Gasteiger partial charge on any atom is 0.226 e. The van der Waals surface area contributed by atoms with E-state index in [0.717, 1.165) is 44.1 Å². The zero-order valence-corrected chi connectivity index (χ0v) is 15.7. The minimum Gasteiger partial charge on any atom is -0.356 e. The van der Waals surface area contributed by atoms with Crippen molar-refractivity contribution in [1.29, 1.82) is 0 Å². The molecule has 1 aromatic rings. The molecule has 0 spiro atoms. The molecule has 0 heterocycles. The van der Waals surface area contributed by atoms with Crippen molar-refractivity contribution in [2.45, 2.75) is 76.5 Å². The SMILES string of the molecule is CCCCCCNC(=O)C12C[C@H]3C[C@@H](C1)CC(c1ccccc1)(C3)C2. The van der Waals surface area contributed by atoms with Crippen LogP contribution in [-0.2, 0) is 10.2 Å². The van der Waals surface area contributed by atoms with Gasteiger partial charge in [-0.15, -0.1) is 0 Å². The number of carbonyl (C=O) groups is 1. The van der Waals surface area contributed by atoms with Crippen LogP contribution in [0.1, 0.15) is 76.7 Å². The van der Waals surface area contributed by atoms with Crippen molar-refractivity contribution in [3.63, 3.8) is 0 Å². The largest absolute Gasteiger partial charge is 0.356 e. The number of hydrogen-bond acceptors (Lipinski definition) is 1. The Morgan fingerprint density at radius 1 is 1.04 bits per heavy atom. The van der Waals surface area contributed by atoms with E-state index in [1.54, 1.807) is 0 Å². The molecule has 5 rings (SSSR count). The van der Waals surface area contributed by atoms with Crippen molar-refractivity contribution >= 4 is 5.91 Å². The highest BCUT2D eigenvalue weighted by molar-refractivity contribution is 5.83. The fourth-order valence-corrected chi connectivity index (χ4v) is 6.60. The van der Waals surface area contributed by atoms with E-state index in [1.165, 1.54) is 44.1 Å². The molecule has 1 amide bonds. The summed E-state index contributed by atoms with van der Waals surface area (Å²) in [5.41, 5.74) is 1.68. The lowest BCUT2D eigenvalue weighted by atomic mass is 9.42. The summed E-state index contributed by atoms with van der Waals surface area (Å²) in [6, 6.07) is 11.1. The van der Waals surface area contributed by atoms with Gasteiger partial charge in [0.25, 0.3) is 0 Å². The van der Waals surface area contributed by atoms with Crippen molar-refractivity contribution in [3.8, 4) is 0 Å². The molecule has 4 bridgehead atoms. The molecule has 2 unspecified atom stereocenters. The van der Waals surface area contributed by atoms with Gasteiger partial charge in [-0.25, -0.2) is 0 Å². The molecule has 0 saturated heterocycles. The highest BCUT2D eigenvalue weighted by atomic mass is 16.2. The third kappa shape index (κ3) is 3.13. The number of nitrogens with one attached hydrogen (secondary N) is 1. The summed E-state index contributed by atoms with van der Waals surface area (Å²) in [6.07, 6.45) is 12.2. The first kappa shape index (κ1) is 17.1. The van der Waals surface area contributed by atoms with Gasteiger partial charge in [-0.05, 0) is 67.8 Å². The van der Waals surface area contributed by atoms with Crippen molar-refractivity contribution in [1.82, 2.24) is 5.32 Å². The first-order valence-corrected chi connectivity index (χ1v) is 10.5. The molecule has 136 valence electrons. The molecule has 25 heavy (non-hydrogen) atoms. The van der Waals surface area contributed by atoms with Crippen LogP contribution in [0.2, 0.25) is 0 Å². The highest BCUT2D eigenvalue weighted by Crippen LogP contribution is 2.65. The van der Waals surface area contributed by atoms with Crippen molar-refractivity contribution < 1.29 is 4.79 Å². The molecule has 0 aliphatic heterocycles. The Hall–Kier alpha value is -1.31. The second-order valence-corrected chi connectivity index (χ2v) is 9.20. The van der Waals surface area contributed by atoms with Gasteiger partial charge < -0.3 is 5.32 Å². The maximum atomic E-state index is 13.2. The van der Waals surface area contributed by atoms with E-state index in [9.17, 15) is 4.79 Å². The number of unbranched alkanes of at least 4 members (excludes halogenated alkanes) is 3. The Kier molecular flexibility index (Phi) is 4.64. The van der Waals surface area contributed by atoms with Crippen LogP contribution in [-0.4, -0.2) is 12.5 Å². The Morgan fingerprint density at radius 2 is 1.76 bits per heavy atom. The van der Waals surface area contributed by atoms with Crippen LogP contribution in [0.3, 0.4) is 0 Å². The maximum absolute atomic E-state index is 13.2. The first-order chi connectivity index (χ1) is 12.2. The van der Waals surface area contributed by atoms with Crippen molar-refractivity contribution in [2.24, 2.45) is 17.3 Å². The minimum atomic E-state index is -0.0787. The number of amides is 1. The standard InChI is InChI=1S/C23H33NO/c1-2-3-4-8-11-24-21(25)23-15-18-12-19(16-23)14-22(13-18,17-23)20-9-6-5-7-10-20/h5-7,9-10,18-19H,2-4,8,11-17H2,1H3,(H,24,25)/t18-,19+,22?,23?. The summed E-state index contributed by atoms with van der Waals surface area (Å²) in [5.74, 6) is 1.89. The highest BCUT2D eigenvalue weighted by Gasteiger charge is 2.60. The number of rotatable bonds is 7. The zero-order chi connectivity index (χ0) is 17.3.